The summed E-state index contributed by atoms with van der Waals surface area (Å²) in [7, 11) is 0. The third-order valence-corrected chi connectivity index (χ3v) is 5.94. The van der Waals surface area contributed by atoms with Gasteiger partial charge >= 0.3 is 0 Å². The van der Waals surface area contributed by atoms with Crippen molar-refractivity contribution in [3.05, 3.63) is 124 Å². The fourth-order valence-electron chi connectivity index (χ4n) is 3.77. The lowest BCUT2D eigenvalue weighted by atomic mass is 9.94. The van der Waals surface area contributed by atoms with Crippen molar-refractivity contribution in [3.8, 4) is 11.3 Å². The molecule has 0 aliphatic rings. The van der Waals surface area contributed by atoms with Crippen LogP contribution >= 0.6 is 15.9 Å². The first-order valence-corrected chi connectivity index (χ1v) is 11.5. The summed E-state index contributed by atoms with van der Waals surface area (Å²) < 4.78 is 18.8. The molecule has 33 heavy (non-hydrogen) atoms. The molecule has 3 aromatic heterocycles. The van der Waals surface area contributed by atoms with E-state index >= 15 is 0 Å². The molecule has 0 fully saturated rings. The van der Waals surface area contributed by atoms with Crippen LogP contribution in [0.1, 0.15) is 40.3 Å². The zero-order valence-corrected chi connectivity index (χ0v) is 19.9. The molecule has 4 nitrogen and oxygen atoms in total. The number of aryl methyl sites for hydroxylation is 2. The van der Waals surface area contributed by atoms with E-state index in [-0.39, 0.29) is 5.92 Å². The van der Waals surface area contributed by atoms with Crippen LogP contribution in [-0.2, 0) is 0 Å². The molecule has 0 amide bonds. The van der Waals surface area contributed by atoms with E-state index in [0.717, 1.165) is 50.1 Å². The summed E-state index contributed by atoms with van der Waals surface area (Å²) in [4.78, 5) is 4.58. The number of furan rings is 3. The molecule has 0 N–H and O–H groups in total. The van der Waals surface area contributed by atoms with E-state index in [9.17, 15) is 0 Å². The average molecular weight is 500 g/mol. The SMILES string of the molecule is Cc1ccc(C(c2ccc(N=Cc3ccc(-c4ccc(Br)cc4)o3)cc2)c2ccc(C)o2)o1. The summed E-state index contributed by atoms with van der Waals surface area (Å²) in [5, 5.41) is 0. The predicted octanol–water partition coefficient (Wildman–Crippen LogP) is 8.44. The van der Waals surface area contributed by atoms with Gasteiger partial charge in [0.2, 0.25) is 0 Å². The smallest absolute Gasteiger partial charge is 0.145 e. The Morgan fingerprint density at radius 1 is 0.697 bits per heavy atom. The summed E-state index contributed by atoms with van der Waals surface area (Å²) in [6.07, 6.45) is 1.74. The van der Waals surface area contributed by atoms with Crippen LogP contribution in [0.15, 0.2) is 108 Å². The van der Waals surface area contributed by atoms with Crippen molar-refractivity contribution >= 4 is 27.8 Å². The first-order chi connectivity index (χ1) is 16.0. The molecular formula is C28H22BrNO3. The number of nitrogens with zero attached hydrogens (tertiary/aromatic N) is 1. The van der Waals surface area contributed by atoms with Gasteiger partial charge < -0.3 is 13.3 Å². The normalized spacial score (nSPS) is 11.6. The van der Waals surface area contributed by atoms with Gasteiger partial charge in [0.25, 0.3) is 0 Å². The first-order valence-electron chi connectivity index (χ1n) is 10.7. The molecule has 0 radical (unpaired) electrons. The number of hydrogen-bond acceptors (Lipinski definition) is 4. The van der Waals surface area contributed by atoms with E-state index in [0.29, 0.717) is 5.76 Å². The van der Waals surface area contributed by atoms with Gasteiger partial charge in [0.15, 0.2) is 0 Å². The van der Waals surface area contributed by atoms with Gasteiger partial charge in [-0.1, -0.05) is 40.2 Å². The summed E-state index contributed by atoms with van der Waals surface area (Å²) in [5.74, 6) is 4.87. The van der Waals surface area contributed by atoms with E-state index in [1.807, 2.05) is 86.6 Å². The monoisotopic (exact) mass is 499 g/mol. The maximum absolute atomic E-state index is 5.94. The molecule has 3 heterocycles. The van der Waals surface area contributed by atoms with Crippen LogP contribution < -0.4 is 0 Å². The number of rotatable bonds is 6. The van der Waals surface area contributed by atoms with E-state index in [4.69, 9.17) is 13.3 Å². The van der Waals surface area contributed by atoms with Crippen LogP contribution in [0.2, 0.25) is 0 Å². The number of halogens is 1. The lowest BCUT2D eigenvalue weighted by Crippen LogP contribution is -2.00. The zero-order valence-electron chi connectivity index (χ0n) is 18.3. The van der Waals surface area contributed by atoms with Crippen LogP contribution in [0.4, 0.5) is 5.69 Å². The highest BCUT2D eigenvalue weighted by Crippen LogP contribution is 2.35. The maximum Gasteiger partial charge on any atom is 0.145 e. The lowest BCUT2D eigenvalue weighted by molar-refractivity contribution is 0.428. The maximum atomic E-state index is 5.94. The number of hydrogen-bond donors (Lipinski definition) is 0. The fourth-order valence-corrected chi connectivity index (χ4v) is 4.03. The van der Waals surface area contributed by atoms with E-state index in [1.54, 1.807) is 6.21 Å². The summed E-state index contributed by atoms with van der Waals surface area (Å²) >= 11 is 3.45. The van der Waals surface area contributed by atoms with Gasteiger partial charge in [0.05, 0.1) is 11.9 Å². The standard InChI is InChI=1S/C28H22BrNO3/c1-18-3-14-26(31-18)28(27-15-4-19(2)32-27)21-7-11-23(12-8-21)30-17-24-13-16-25(33-24)20-5-9-22(29)10-6-20/h3-17,28H,1-2H3. The predicted molar refractivity (Wildman–Crippen MR) is 133 cm³/mol. The summed E-state index contributed by atoms with van der Waals surface area (Å²) in [5.41, 5.74) is 2.94. The molecule has 0 saturated heterocycles. The average Bonchev–Trinajstić information content (AvgIpc) is 3.56. The first kappa shape index (κ1) is 21.3. The molecule has 0 atom stereocenters. The highest BCUT2D eigenvalue weighted by molar-refractivity contribution is 9.10. The van der Waals surface area contributed by atoms with Crippen LogP contribution in [0.5, 0.6) is 0 Å². The van der Waals surface area contributed by atoms with Gasteiger partial charge in [-0.05, 0) is 80.1 Å². The molecule has 0 unspecified atom stereocenters. The van der Waals surface area contributed by atoms with Crippen molar-refractivity contribution in [3.63, 3.8) is 0 Å². The van der Waals surface area contributed by atoms with Crippen LogP contribution in [0, 0.1) is 13.8 Å². The Kier molecular flexibility index (Phi) is 5.88. The second kappa shape index (κ2) is 9.12. The van der Waals surface area contributed by atoms with Gasteiger partial charge in [-0.25, -0.2) is 0 Å². The molecule has 5 rings (SSSR count). The highest BCUT2D eigenvalue weighted by atomic mass is 79.9. The lowest BCUT2D eigenvalue weighted by Gasteiger charge is -2.13. The van der Waals surface area contributed by atoms with E-state index in [1.165, 1.54) is 0 Å². The van der Waals surface area contributed by atoms with Crippen molar-refractivity contribution in [2.75, 3.05) is 0 Å². The van der Waals surface area contributed by atoms with Crippen molar-refractivity contribution < 1.29 is 13.3 Å². The third-order valence-electron chi connectivity index (χ3n) is 5.41. The van der Waals surface area contributed by atoms with Gasteiger partial charge in [-0.2, -0.15) is 0 Å². The van der Waals surface area contributed by atoms with Crippen molar-refractivity contribution in [2.45, 2.75) is 19.8 Å². The Labute approximate surface area is 200 Å². The Hall–Kier alpha value is -3.57. The van der Waals surface area contributed by atoms with E-state index < -0.39 is 0 Å². The Morgan fingerprint density at radius 3 is 1.91 bits per heavy atom. The highest BCUT2D eigenvalue weighted by Gasteiger charge is 2.23. The topological polar surface area (TPSA) is 51.8 Å². The molecule has 2 aromatic carbocycles. The van der Waals surface area contributed by atoms with Gasteiger partial charge in [0, 0.05) is 10.0 Å². The molecule has 0 aliphatic carbocycles. The fraction of sp³-hybridized carbons (Fsp3) is 0.107. The van der Waals surface area contributed by atoms with E-state index in [2.05, 4.69) is 33.1 Å². The zero-order chi connectivity index (χ0) is 22.8. The summed E-state index contributed by atoms with van der Waals surface area (Å²) in [6, 6.07) is 27.9. The molecule has 0 saturated carbocycles. The van der Waals surface area contributed by atoms with Crippen LogP contribution in [0.25, 0.3) is 11.3 Å². The Bertz CT molecular complexity index is 1350. The Balaban J connectivity index is 1.36. The van der Waals surface area contributed by atoms with Crippen molar-refractivity contribution in [1.29, 1.82) is 0 Å². The Morgan fingerprint density at radius 2 is 1.33 bits per heavy atom. The molecular weight excluding hydrogens is 478 g/mol. The number of aliphatic imine (C=N–C) groups is 1. The molecule has 0 aliphatic heterocycles. The van der Waals surface area contributed by atoms with Crippen molar-refractivity contribution in [2.24, 2.45) is 4.99 Å². The van der Waals surface area contributed by atoms with Crippen LogP contribution in [-0.4, -0.2) is 6.21 Å². The summed E-state index contributed by atoms with van der Waals surface area (Å²) in [6.45, 7) is 3.89. The van der Waals surface area contributed by atoms with Crippen LogP contribution in [0.3, 0.4) is 0 Å². The van der Waals surface area contributed by atoms with Crippen molar-refractivity contribution in [1.82, 2.24) is 0 Å². The minimum Gasteiger partial charge on any atom is -0.465 e. The second-order valence-corrected chi connectivity index (χ2v) is 8.80. The molecule has 5 heteroatoms. The van der Waals surface area contributed by atoms with Gasteiger partial charge in [0.1, 0.15) is 40.5 Å². The van der Waals surface area contributed by atoms with Gasteiger partial charge in [-0.3, -0.25) is 4.99 Å². The molecule has 0 bridgehead atoms. The molecule has 5 aromatic rings. The minimum absolute atomic E-state index is 0.107. The number of benzene rings is 2. The quantitative estimate of drug-likeness (QED) is 0.220. The third kappa shape index (κ3) is 4.78. The molecule has 0 spiro atoms. The second-order valence-electron chi connectivity index (χ2n) is 7.89. The minimum atomic E-state index is -0.107. The molecule has 164 valence electrons. The van der Waals surface area contributed by atoms with Gasteiger partial charge in [-0.15, -0.1) is 0 Å². The largest absolute Gasteiger partial charge is 0.465 e.